The standard InChI is InChI=1S/C22H19NO2/c24-22-23(16-17-10-4-1-5-11-17)20(18-12-6-2-7-13-18)21(25-22)19-14-8-3-9-15-19/h1-15,20-21H,16H2/t20-,21-/m1/s1. The molecule has 4 rings (SSSR count). The normalized spacial score (nSPS) is 19.7. The van der Waals surface area contributed by atoms with Crippen molar-refractivity contribution in [3.8, 4) is 0 Å². The first-order valence-corrected chi connectivity index (χ1v) is 8.44. The van der Waals surface area contributed by atoms with E-state index in [2.05, 4.69) is 12.1 Å². The van der Waals surface area contributed by atoms with Crippen LogP contribution in [-0.4, -0.2) is 11.0 Å². The summed E-state index contributed by atoms with van der Waals surface area (Å²) in [7, 11) is 0. The summed E-state index contributed by atoms with van der Waals surface area (Å²) in [5.74, 6) is 0. The second-order valence-electron chi connectivity index (χ2n) is 6.18. The number of amides is 1. The van der Waals surface area contributed by atoms with Gasteiger partial charge in [-0.05, 0) is 16.7 Å². The molecular formula is C22H19NO2. The molecule has 0 radical (unpaired) electrons. The van der Waals surface area contributed by atoms with Crippen LogP contribution in [0.1, 0.15) is 28.8 Å². The fourth-order valence-electron chi connectivity index (χ4n) is 3.36. The summed E-state index contributed by atoms with van der Waals surface area (Å²) in [4.78, 5) is 14.5. The maximum Gasteiger partial charge on any atom is 0.411 e. The minimum absolute atomic E-state index is 0.142. The second-order valence-corrected chi connectivity index (χ2v) is 6.18. The Hall–Kier alpha value is -3.07. The van der Waals surface area contributed by atoms with E-state index in [-0.39, 0.29) is 18.2 Å². The number of carbonyl (C=O) groups is 1. The van der Waals surface area contributed by atoms with E-state index in [0.29, 0.717) is 6.54 Å². The third kappa shape index (κ3) is 3.13. The van der Waals surface area contributed by atoms with E-state index < -0.39 is 0 Å². The van der Waals surface area contributed by atoms with E-state index in [1.807, 2.05) is 83.8 Å². The third-order valence-corrected chi connectivity index (χ3v) is 4.55. The molecule has 2 atom stereocenters. The molecule has 0 aromatic heterocycles. The Labute approximate surface area is 147 Å². The largest absolute Gasteiger partial charge is 0.439 e. The van der Waals surface area contributed by atoms with Crippen LogP contribution in [-0.2, 0) is 11.3 Å². The van der Waals surface area contributed by atoms with Crippen LogP contribution >= 0.6 is 0 Å². The molecule has 0 unspecified atom stereocenters. The molecule has 0 N–H and O–H groups in total. The highest BCUT2D eigenvalue weighted by Gasteiger charge is 2.43. The molecule has 3 aromatic carbocycles. The highest BCUT2D eigenvalue weighted by Crippen LogP contribution is 2.43. The first-order chi connectivity index (χ1) is 12.3. The maximum atomic E-state index is 12.6. The highest BCUT2D eigenvalue weighted by atomic mass is 16.6. The van der Waals surface area contributed by atoms with Crippen molar-refractivity contribution < 1.29 is 9.53 Å². The number of carbonyl (C=O) groups excluding carboxylic acids is 1. The molecule has 1 aliphatic rings. The van der Waals surface area contributed by atoms with Crippen molar-refractivity contribution in [1.82, 2.24) is 4.90 Å². The Morgan fingerprint density at radius 3 is 1.84 bits per heavy atom. The quantitative estimate of drug-likeness (QED) is 0.665. The molecule has 0 bridgehead atoms. The van der Waals surface area contributed by atoms with Crippen LogP contribution in [0.3, 0.4) is 0 Å². The average molecular weight is 329 g/mol. The van der Waals surface area contributed by atoms with E-state index in [0.717, 1.165) is 16.7 Å². The molecule has 3 nitrogen and oxygen atoms in total. The van der Waals surface area contributed by atoms with E-state index in [1.165, 1.54) is 0 Å². The number of rotatable bonds is 4. The first kappa shape index (κ1) is 15.5. The molecule has 3 heteroatoms. The van der Waals surface area contributed by atoms with Gasteiger partial charge in [0.05, 0.1) is 0 Å². The molecule has 0 aliphatic carbocycles. The van der Waals surface area contributed by atoms with Gasteiger partial charge in [0.25, 0.3) is 0 Å². The number of nitrogens with zero attached hydrogens (tertiary/aromatic N) is 1. The van der Waals surface area contributed by atoms with Gasteiger partial charge in [0.2, 0.25) is 0 Å². The minimum Gasteiger partial charge on any atom is -0.439 e. The number of benzene rings is 3. The molecule has 3 aromatic rings. The fourth-order valence-corrected chi connectivity index (χ4v) is 3.36. The van der Waals surface area contributed by atoms with Crippen LogP contribution in [0.15, 0.2) is 91.0 Å². The maximum absolute atomic E-state index is 12.6. The summed E-state index contributed by atoms with van der Waals surface area (Å²) in [6.45, 7) is 0.530. The Bertz CT molecular complexity index is 834. The van der Waals surface area contributed by atoms with Crippen molar-refractivity contribution in [2.45, 2.75) is 18.7 Å². The lowest BCUT2D eigenvalue weighted by Crippen LogP contribution is -2.27. The summed E-state index contributed by atoms with van der Waals surface area (Å²) in [6, 6.07) is 29.9. The van der Waals surface area contributed by atoms with Gasteiger partial charge in [0.15, 0.2) is 6.10 Å². The minimum atomic E-state index is -0.306. The SMILES string of the molecule is O=C1O[C@H](c2ccccc2)[C@@H](c2ccccc2)N1Cc1ccccc1. The Morgan fingerprint density at radius 2 is 1.24 bits per heavy atom. The molecule has 1 aliphatic heterocycles. The zero-order chi connectivity index (χ0) is 17.1. The van der Waals surface area contributed by atoms with Gasteiger partial charge in [-0.15, -0.1) is 0 Å². The molecule has 1 fully saturated rings. The molecule has 1 saturated heterocycles. The van der Waals surface area contributed by atoms with Crippen molar-refractivity contribution in [3.63, 3.8) is 0 Å². The zero-order valence-corrected chi connectivity index (χ0v) is 13.8. The summed E-state index contributed by atoms with van der Waals surface area (Å²) in [6.07, 6.45) is -0.577. The van der Waals surface area contributed by atoms with Crippen molar-refractivity contribution in [2.75, 3.05) is 0 Å². The number of ether oxygens (including phenoxy) is 1. The lowest BCUT2D eigenvalue weighted by Gasteiger charge is -2.25. The zero-order valence-electron chi connectivity index (χ0n) is 13.8. The van der Waals surface area contributed by atoms with E-state index >= 15 is 0 Å². The Morgan fingerprint density at radius 1 is 0.720 bits per heavy atom. The third-order valence-electron chi connectivity index (χ3n) is 4.55. The van der Waals surface area contributed by atoms with Crippen LogP contribution in [0.2, 0.25) is 0 Å². The molecule has 1 amide bonds. The van der Waals surface area contributed by atoms with Gasteiger partial charge in [-0.25, -0.2) is 4.79 Å². The van der Waals surface area contributed by atoms with Crippen molar-refractivity contribution >= 4 is 6.09 Å². The number of cyclic esters (lactones) is 1. The van der Waals surface area contributed by atoms with Crippen LogP contribution in [0, 0.1) is 0 Å². The van der Waals surface area contributed by atoms with Gasteiger partial charge in [-0.1, -0.05) is 91.0 Å². The van der Waals surface area contributed by atoms with Crippen LogP contribution < -0.4 is 0 Å². The van der Waals surface area contributed by atoms with Gasteiger partial charge in [-0.2, -0.15) is 0 Å². The lowest BCUT2D eigenvalue weighted by molar-refractivity contribution is 0.129. The molecule has 124 valence electrons. The van der Waals surface area contributed by atoms with Gasteiger partial charge in [-0.3, -0.25) is 4.90 Å². The van der Waals surface area contributed by atoms with Crippen LogP contribution in [0.4, 0.5) is 4.79 Å². The average Bonchev–Trinajstić information content (AvgIpc) is 3.00. The summed E-state index contributed by atoms with van der Waals surface area (Å²) in [5, 5.41) is 0. The van der Waals surface area contributed by atoms with Gasteiger partial charge in [0.1, 0.15) is 6.04 Å². The fraction of sp³-hybridized carbons (Fsp3) is 0.136. The van der Waals surface area contributed by atoms with E-state index in [1.54, 1.807) is 0 Å². The lowest BCUT2D eigenvalue weighted by atomic mass is 9.95. The predicted octanol–water partition coefficient (Wildman–Crippen LogP) is 5.12. The molecule has 25 heavy (non-hydrogen) atoms. The van der Waals surface area contributed by atoms with Gasteiger partial charge < -0.3 is 4.74 Å². The molecule has 0 saturated carbocycles. The van der Waals surface area contributed by atoms with Crippen LogP contribution in [0.5, 0.6) is 0 Å². The van der Waals surface area contributed by atoms with Crippen LogP contribution in [0.25, 0.3) is 0 Å². The van der Waals surface area contributed by atoms with Crippen molar-refractivity contribution in [3.05, 3.63) is 108 Å². The molecule has 1 heterocycles. The van der Waals surface area contributed by atoms with E-state index in [4.69, 9.17) is 4.74 Å². The van der Waals surface area contributed by atoms with Gasteiger partial charge >= 0.3 is 6.09 Å². The Kier molecular flexibility index (Phi) is 4.21. The number of hydrogen-bond donors (Lipinski definition) is 0. The highest BCUT2D eigenvalue weighted by molar-refractivity contribution is 5.71. The van der Waals surface area contributed by atoms with E-state index in [9.17, 15) is 4.79 Å². The summed E-state index contributed by atoms with van der Waals surface area (Å²) < 4.78 is 5.79. The second kappa shape index (κ2) is 6.81. The Balaban J connectivity index is 1.73. The van der Waals surface area contributed by atoms with Crippen molar-refractivity contribution in [2.24, 2.45) is 0 Å². The first-order valence-electron chi connectivity index (χ1n) is 8.44. The van der Waals surface area contributed by atoms with Gasteiger partial charge in [0, 0.05) is 6.54 Å². The topological polar surface area (TPSA) is 29.5 Å². The van der Waals surface area contributed by atoms with Crippen molar-refractivity contribution in [1.29, 1.82) is 0 Å². The molecular weight excluding hydrogens is 310 g/mol. The number of hydrogen-bond acceptors (Lipinski definition) is 2. The monoisotopic (exact) mass is 329 g/mol. The summed E-state index contributed by atoms with van der Waals surface area (Å²) in [5.41, 5.74) is 3.19. The predicted molar refractivity (Wildman–Crippen MR) is 96.8 cm³/mol. The smallest absolute Gasteiger partial charge is 0.411 e. The summed E-state index contributed by atoms with van der Waals surface area (Å²) >= 11 is 0. The molecule has 0 spiro atoms.